The van der Waals surface area contributed by atoms with Crippen LogP contribution in [-0.2, 0) is 6.42 Å². The number of anilines is 1. The molecule has 0 bridgehead atoms. The van der Waals surface area contributed by atoms with E-state index < -0.39 is 0 Å². The van der Waals surface area contributed by atoms with Crippen LogP contribution in [0.2, 0.25) is 0 Å². The van der Waals surface area contributed by atoms with Gasteiger partial charge < -0.3 is 15.2 Å². The summed E-state index contributed by atoms with van der Waals surface area (Å²) in [6.07, 6.45) is 0.766. The maximum atomic E-state index is 5.92. The van der Waals surface area contributed by atoms with E-state index in [0.717, 1.165) is 24.1 Å². The maximum Gasteiger partial charge on any atom is 0.260 e. The van der Waals surface area contributed by atoms with Crippen molar-refractivity contribution in [2.24, 2.45) is 0 Å². The number of aryl methyl sites for hydroxylation is 1. The van der Waals surface area contributed by atoms with Crippen molar-refractivity contribution in [2.45, 2.75) is 13.3 Å². The average Bonchev–Trinajstić information content (AvgIpc) is 2.78. The van der Waals surface area contributed by atoms with Crippen LogP contribution in [0.25, 0.3) is 11.5 Å². The molecule has 0 saturated heterocycles. The molecule has 2 aromatic rings. The Kier molecular flexibility index (Phi) is 3.62. The fourth-order valence-corrected chi connectivity index (χ4v) is 1.64. The largest absolute Gasteiger partial charge is 0.398 e. The van der Waals surface area contributed by atoms with Crippen LogP contribution in [0.3, 0.4) is 0 Å². The summed E-state index contributed by atoms with van der Waals surface area (Å²) in [5, 5.41) is 3.97. The summed E-state index contributed by atoms with van der Waals surface area (Å²) in [6.45, 7) is 2.90. The summed E-state index contributed by atoms with van der Waals surface area (Å²) in [7, 11) is 4.03. The van der Waals surface area contributed by atoms with Gasteiger partial charge in [0, 0.05) is 18.7 Å². The van der Waals surface area contributed by atoms with Crippen molar-refractivity contribution in [3.05, 3.63) is 29.6 Å². The lowest BCUT2D eigenvalue weighted by atomic mass is 10.1. The van der Waals surface area contributed by atoms with Crippen molar-refractivity contribution in [3.63, 3.8) is 0 Å². The summed E-state index contributed by atoms with van der Waals surface area (Å²) in [4.78, 5) is 6.45. The van der Waals surface area contributed by atoms with Crippen LogP contribution in [0.4, 0.5) is 5.69 Å². The molecule has 0 fully saturated rings. The van der Waals surface area contributed by atoms with E-state index in [1.807, 2.05) is 39.2 Å². The minimum absolute atomic E-state index is 0.491. The Balaban J connectivity index is 2.21. The molecule has 0 aliphatic carbocycles. The summed E-state index contributed by atoms with van der Waals surface area (Å²) < 4.78 is 5.26. The second-order valence-electron chi connectivity index (χ2n) is 4.66. The molecule has 0 unspecified atom stereocenters. The van der Waals surface area contributed by atoms with Crippen LogP contribution in [-0.4, -0.2) is 35.7 Å². The zero-order valence-electron chi connectivity index (χ0n) is 11.0. The fourth-order valence-electron chi connectivity index (χ4n) is 1.64. The molecule has 1 aromatic heterocycles. The molecule has 96 valence electrons. The molecule has 0 radical (unpaired) electrons. The number of hydrogen-bond donors (Lipinski definition) is 1. The van der Waals surface area contributed by atoms with Crippen LogP contribution >= 0.6 is 0 Å². The zero-order valence-corrected chi connectivity index (χ0v) is 11.0. The Hall–Kier alpha value is -1.88. The minimum atomic E-state index is 0.491. The quantitative estimate of drug-likeness (QED) is 0.832. The number of rotatable bonds is 4. The van der Waals surface area contributed by atoms with Crippen LogP contribution in [0.5, 0.6) is 0 Å². The normalized spacial score (nSPS) is 11.1. The summed E-state index contributed by atoms with van der Waals surface area (Å²) in [5.41, 5.74) is 8.49. The van der Waals surface area contributed by atoms with Gasteiger partial charge in [0.1, 0.15) is 0 Å². The van der Waals surface area contributed by atoms with Crippen LogP contribution in [0.15, 0.2) is 22.7 Å². The van der Waals surface area contributed by atoms with Crippen molar-refractivity contribution < 1.29 is 4.52 Å². The summed E-state index contributed by atoms with van der Waals surface area (Å²) in [5.74, 6) is 1.20. The lowest BCUT2D eigenvalue weighted by Gasteiger charge is -2.05. The molecule has 0 atom stereocenters. The Labute approximate surface area is 107 Å². The monoisotopic (exact) mass is 246 g/mol. The van der Waals surface area contributed by atoms with E-state index in [0.29, 0.717) is 17.4 Å². The molecular weight excluding hydrogens is 228 g/mol. The second-order valence-corrected chi connectivity index (χ2v) is 4.66. The third-order valence-corrected chi connectivity index (χ3v) is 2.69. The molecule has 0 saturated carbocycles. The Morgan fingerprint density at radius 2 is 2.11 bits per heavy atom. The molecule has 2 rings (SSSR count). The third-order valence-electron chi connectivity index (χ3n) is 2.69. The Bertz CT molecular complexity index is 534. The van der Waals surface area contributed by atoms with Crippen molar-refractivity contribution in [1.29, 1.82) is 0 Å². The first-order valence-corrected chi connectivity index (χ1v) is 5.90. The molecule has 2 N–H and O–H groups in total. The van der Waals surface area contributed by atoms with E-state index in [2.05, 4.69) is 15.0 Å². The predicted molar refractivity (Wildman–Crippen MR) is 71.1 cm³/mol. The van der Waals surface area contributed by atoms with Gasteiger partial charge >= 0.3 is 0 Å². The topological polar surface area (TPSA) is 68.2 Å². The van der Waals surface area contributed by atoms with Gasteiger partial charge in [0.25, 0.3) is 5.89 Å². The number of nitrogen functional groups attached to an aromatic ring is 1. The summed E-state index contributed by atoms with van der Waals surface area (Å²) in [6, 6.07) is 5.77. The molecule has 18 heavy (non-hydrogen) atoms. The van der Waals surface area contributed by atoms with E-state index in [1.54, 1.807) is 0 Å². The fraction of sp³-hybridized carbons (Fsp3) is 0.385. The highest BCUT2D eigenvalue weighted by Crippen LogP contribution is 2.25. The van der Waals surface area contributed by atoms with Crippen molar-refractivity contribution in [1.82, 2.24) is 15.0 Å². The van der Waals surface area contributed by atoms with Crippen molar-refractivity contribution >= 4 is 5.69 Å². The van der Waals surface area contributed by atoms with Gasteiger partial charge in [-0.2, -0.15) is 4.98 Å². The highest BCUT2D eigenvalue weighted by Gasteiger charge is 2.11. The first-order valence-electron chi connectivity index (χ1n) is 5.90. The van der Waals surface area contributed by atoms with Crippen LogP contribution in [0.1, 0.15) is 11.4 Å². The molecule has 0 aliphatic rings. The molecule has 0 aliphatic heterocycles. The standard InChI is InChI=1S/C13H18N4O/c1-9-4-5-11(14)10(8-9)13-15-12(16-18-13)6-7-17(2)3/h4-5,8H,6-7,14H2,1-3H3. The molecule has 5 nitrogen and oxygen atoms in total. The lowest BCUT2D eigenvalue weighted by molar-refractivity contribution is 0.392. The van der Waals surface area contributed by atoms with Crippen molar-refractivity contribution in [2.75, 3.05) is 26.4 Å². The number of aromatic nitrogens is 2. The number of nitrogens with two attached hydrogens (primary N) is 1. The third kappa shape index (κ3) is 2.87. The smallest absolute Gasteiger partial charge is 0.260 e. The minimum Gasteiger partial charge on any atom is -0.398 e. The number of hydrogen-bond acceptors (Lipinski definition) is 5. The first-order chi connectivity index (χ1) is 8.56. The van der Waals surface area contributed by atoms with E-state index in [1.165, 1.54) is 0 Å². The van der Waals surface area contributed by atoms with Gasteiger partial charge in [-0.25, -0.2) is 0 Å². The second kappa shape index (κ2) is 5.18. The van der Waals surface area contributed by atoms with Gasteiger partial charge in [-0.3, -0.25) is 0 Å². The highest BCUT2D eigenvalue weighted by molar-refractivity contribution is 5.70. The molecule has 1 aromatic carbocycles. The molecular formula is C13H18N4O. The van der Waals surface area contributed by atoms with Crippen molar-refractivity contribution in [3.8, 4) is 11.5 Å². The number of nitrogens with zero attached hydrogens (tertiary/aromatic N) is 3. The highest BCUT2D eigenvalue weighted by atomic mass is 16.5. The SMILES string of the molecule is Cc1ccc(N)c(-c2nc(CCN(C)C)no2)c1. The van der Waals surface area contributed by atoms with Crippen LogP contribution in [0, 0.1) is 6.92 Å². The zero-order chi connectivity index (χ0) is 13.1. The maximum absolute atomic E-state index is 5.92. The summed E-state index contributed by atoms with van der Waals surface area (Å²) >= 11 is 0. The van der Waals surface area contributed by atoms with Gasteiger partial charge in [0.15, 0.2) is 5.82 Å². The van der Waals surface area contributed by atoms with E-state index in [9.17, 15) is 0 Å². The van der Waals surface area contributed by atoms with E-state index >= 15 is 0 Å². The lowest BCUT2D eigenvalue weighted by Crippen LogP contribution is -2.15. The Morgan fingerprint density at radius 1 is 1.33 bits per heavy atom. The predicted octanol–water partition coefficient (Wildman–Crippen LogP) is 1.73. The Morgan fingerprint density at radius 3 is 2.83 bits per heavy atom. The van der Waals surface area contributed by atoms with Crippen LogP contribution < -0.4 is 5.73 Å². The molecule has 1 heterocycles. The average molecular weight is 246 g/mol. The van der Waals surface area contributed by atoms with Gasteiger partial charge in [-0.1, -0.05) is 16.8 Å². The molecule has 5 heteroatoms. The van der Waals surface area contributed by atoms with Gasteiger partial charge in [0.2, 0.25) is 0 Å². The molecule has 0 spiro atoms. The first kappa shape index (κ1) is 12.6. The van der Waals surface area contributed by atoms with Gasteiger partial charge in [-0.05, 0) is 33.2 Å². The van der Waals surface area contributed by atoms with E-state index in [-0.39, 0.29) is 0 Å². The van der Waals surface area contributed by atoms with Gasteiger partial charge in [0.05, 0.1) is 5.56 Å². The van der Waals surface area contributed by atoms with E-state index in [4.69, 9.17) is 10.3 Å². The van der Waals surface area contributed by atoms with Gasteiger partial charge in [-0.15, -0.1) is 0 Å². The number of benzene rings is 1. The molecule has 0 amide bonds. The number of likely N-dealkylation sites (N-methyl/N-ethyl adjacent to an activating group) is 1.